The van der Waals surface area contributed by atoms with E-state index < -0.39 is 28.7 Å². The minimum Gasteiger partial charge on any atom is -0.468 e. The summed E-state index contributed by atoms with van der Waals surface area (Å²) in [5, 5.41) is 0. The Morgan fingerprint density at radius 1 is 1.19 bits per heavy atom. The van der Waals surface area contributed by atoms with Gasteiger partial charge in [0.25, 0.3) is 0 Å². The Hall–Kier alpha value is -2.47. The quantitative estimate of drug-likeness (QED) is 0.319. The summed E-state index contributed by atoms with van der Waals surface area (Å²) in [5.74, 6) is -1.94. The van der Waals surface area contributed by atoms with Gasteiger partial charge in [-0.15, -0.1) is 0 Å². The van der Waals surface area contributed by atoms with Gasteiger partial charge in [-0.05, 0) is 24.6 Å². The first kappa shape index (κ1) is 17.9. The summed E-state index contributed by atoms with van der Waals surface area (Å²) in [6.45, 7) is 1.81. The maximum atomic E-state index is 13.6. The molecule has 0 N–H and O–H groups in total. The summed E-state index contributed by atoms with van der Waals surface area (Å²) in [6, 6.07) is 14.0. The van der Waals surface area contributed by atoms with Crippen LogP contribution in [0.1, 0.15) is 35.2 Å². The molecule has 2 aromatic rings. The van der Waals surface area contributed by atoms with E-state index in [0.29, 0.717) is 23.3 Å². The third-order valence-corrected chi connectivity index (χ3v) is 6.35. The molecule has 1 aliphatic carbocycles. The van der Waals surface area contributed by atoms with Gasteiger partial charge < -0.3 is 9.47 Å². The molecule has 6 heteroatoms. The summed E-state index contributed by atoms with van der Waals surface area (Å²) >= 11 is 3.42. The van der Waals surface area contributed by atoms with E-state index in [1.807, 2.05) is 13.0 Å². The molecule has 1 fully saturated rings. The number of carbonyl (C=O) groups is 3. The molecule has 3 atom stereocenters. The highest BCUT2D eigenvalue weighted by Gasteiger charge is 2.90. The van der Waals surface area contributed by atoms with Gasteiger partial charge in [-0.1, -0.05) is 53.2 Å². The van der Waals surface area contributed by atoms with E-state index in [-0.39, 0.29) is 5.78 Å². The molecule has 1 heterocycles. The first-order chi connectivity index (χ1) is 12.9. The number of benzene rings is 2. The van der Waals surface area contributed by atoms with Crippen LogP contribution in [0.5, 0.6) is 5.75 Å². The van der Waals surface area contributed by atoms with Crippen LogP contribution in [0.3, 0.4) is 0 Å². The monoisotopic (exact) mass is 428 g/mol. The molecule has 5 nitrogen and oxygen atoms in total. The minimum atomic E-state index is -1.66. The van der Waals surface area contributed by atoms with Gasteiger partial charge in [-0.25, -0.2) is 0 Å². The van der Waals surface area contributed by atoms with Gasteiger partial charge in [0.2, 0.25) is 0 Å². The molecule has 138 valence electrons. The zero-order chi connectivity index (χ0) is 19.4. The molecule has 0 bridgehead atoms. The van der Waals surface area contributed by atoms with Gasteiger partial charge in [-0.2, -0.15) is 0 Å². The molecule has 0 saturated heterocycles. The largest absolute Gasteiger partial charge is 0.468 e. The molecule has 27 heavy (non-hydrogen) atoms. The molecule has 1 saturated carbocycles. The Balaban J connectivity index is 1.97. The average Bonchev–Trinajstić information content (AvgIpc) is 3.35. The van der Waals surface area contributed by atoms with E-state index in [9.17, 15) is 14.4 Å². The van der Waals surface area contributed by atoms with Crippen LogP contribution in [-0.4, -0.2) is 24.8 Å². The number of ether oxygens (including phenoxy) is 2. The van der Waals surface area contributed by atoms with Crippen molar-refractivity contribution in [1.29, 1.82) is 0 Å². The zero-order valence-electron chi connectivity index (χ0n) is 14.8. The molecule has 0 spiro atoms. The van der Waals surface area contributed by atoms with Gasteiger partial charge in [0, 0.05) is 21.5 Å². The second kappa shape index (κ2) is 6.02. The smallest absolute Gasteiger partial charge is 0.330 e. The topological polar surface area (TPSA) is 69.7 Å². The van der Waals surface area contributed by atoms with Crippen LogP contribution in [0, 0.1) is 10.8 Å². The number of esters is 2. The number of methoxy groups -OCH3 is 1. The Kier molecular flexibility index (Phi) is 4.00. The number of fused-ring (bicyclic) bond motifs is 3. The minimum absolute atomic E-state index is 0.245. The van der Waals surface area contributed by atoms with Crippen LogP contribution in [0.25, 0.3) is 0 Å². The van der Waals surface area contributed by atoms with Crippen LogP contribution in [0.15, 0.2) is 53.0 Å². The molecule has 0 unspecified atom stereocenters. The Bertz CT molecular complexity index is 970. The van der Waals surface area contributed by atoms with Gasteiger partial charge in [-0.3, -0.25) is 14.4 Å². The summed E-state index contributed by atoms with van der Waals surface area (Å²) < 4.78 is 11.3. The Morgan fingerprint density at radius 3 is 2.52 bits per heavy atom. The van der Waals surface area contributed by atoms with Gasteiger partial charge in [0.05, 0.1) is 12.5 Å². The summed E-state index contributed by atoms with van der Waals surface area (Å²) in [5.41, 5.74) is -1.76. The second-order valence-corrected chi connectivity index (χ2v) is 7.74. The fourth-order valence-corrected chi connectivity index (χ4v) is 5.08. The van der Waals surface area contributed by atoms with Crippen LogP contribution in [0.2, 0.25) is 0 Å². The highest BCUT2D eigenvalue weighted by molar-refractivity contribution is 9.10. The van der Waals surface area contributed by atoms with Crippen molar-refractivity contribution in [2.24, 2.45) is 10.8 Å². The fourth-order valence-electron chi connectivity index (χ4n) is 4.70. The lowest BCUT2D eigenvalue weighted by Crippen LogP contribution is -2.40. The van der Waals surface area contributed by atoms with Crippen molar-refractivity contribution in [3.05, 3.63) is 64.1 Å². The van der Waals surface area contributed by atoms with E-state index in [4.69, 9.17) is 9.47 Å². The van der Waals surface area contributed by atoms with Crippen molar-refractivity contribution < 1.29 is 23.9 Å². The Labute approximate surface area is 164 Å². The first-order valence-electron chi connectivity index (χ1n) is 8.65. The zero-order valence-corrected chi connectivity index (χ0v) is 16.4. The number of halogens is 1. The summed E-state index contributed by atoms with van der Waals surface area (Å²) in [4.78, 5) is 39.5. The van der Waals surface area contributed by atoms with Crippen molar-refractivity contribution >= 4 is 33.7 Å². The first-order valence-corrected chi connectivity index (χ1v) is 9.44. The standard InChI is InChI=1S/C21H17BrO5/c1-3-20(17(23)12-7-5-4-6-8-12)16-14-11-13(22)9-10-15(14)27-19(25)21(16,20)18(24)26-2/h4-11,16H,3H2,1-2H3/t16-,20+,21+/m0/s1. The highest BCUT2D eigenvalue weighted by Crippen LogP contribution is 2.80. The lowest BCUT2D eigenvalue weighted by molar-refractivity contribution is -0.160. The molecule has 2 aromatic carbocycles. The van der Waals surface area contributed by atoms with Crippen LogP contribution >= 0.6 is 15.9 Å². The molecular formula is C21H17BrO5. The predicted molar refractivity (Wildman–Crippen MR) is 100 cm³/mol. The second-order valence-electron chi connectivity index (χ2n) is 6.82. The van der Waals surface area contributed by atoms with Crippen LogP contribution in [-0.2, 0) is 14.3 Å². The SMILES string of the molecule is CC[C@]1(C(=O)c2ccccc2)[C@@H]2c3cc(Br)ccc3OC(=O)[C@]21C(=O)OC. The Morgan fingerprint density at radius 2 is 1.89 bits per heavy atom. The lowest BCUT2D eigenvalue weighted by Gasteiger charge is -2.22. The van der Waals surface area contributed by atoms with E-state index in [2.05, 4.69) is 15.9 Å². The normalized spacial score (nSPS) is 27.8. The molecule has 1 aliphatic heterocycles. The van der Waals surface area contributed by atoms with Crippen molar-refractivity contribution in [2.75, 3.05) is 7.11 Å². The molecule has 2 aliphatic rings. The third-order valence-electron chi connectivity index (χ3n) is 5.86. The van der Waals surface area contributed by atoms with Gasteiger partial charge in [0.15, 0.2) is 11.2 Å². The van der Waals surface area contributed by atoms with Crippen molar-refractivity contribution in [1.82, 2.24) is 0 Å². The van der Waals surface area contributed by atoms with Gasteiger partial charge >= 0.3 is 11.9 Å². The van der Waals surface area contributed by atoms with E-state index in [0.717, 1.165) is 4.47 Å². The molecule has 0 aromatic heterocycles. The van der Waals surface area contributed by atoms with Crippen LogP contribution in [0.4, 0.5) is 0 Å². The number of hydrogen-bond acceptors (Lipinski definition) is 5. The highest BCUT2D eigenvalue weighted by atomic mass is 79.9. The van der Waals surface area contributed by atoms with Crippen molar-refractivity contribution in [3.8, 4) is 5.75 Å². The lowest BCUT2D eigenvalue weighted by atomic mass is 9.83. The van der Waals surface area contributed by atoms with Crippen molar-refractivity contribution in [2.45, 2.75) is 19.3 Å². The molecular weight excluding hydrogens is 412 g/mol. The predicted octanol–water partition coefficient (Wildman–Crippen LogP) is 3.90. The molecule has 4 rings (SSSR count). The average molecular weight is 429 g/mol. The summed E-state index contributed by atoms with van der Waals surface area (Å²) in [6.07, 6.45) is 0.307. The van der Waals surface area contributed by atoms with E-state index >= 15 is 0 Å². The number of carbonyl (C=O) groups excluding carboxylic acids is 3. The fraction of sp³-hybridized carbons (Fsp3) is 0.286. The van der Waals surface area contributed by atoms with E-state index in [1.54, 1.807) is 42.5 Å². The molecule has 0 amide bonds. The summed E-state index contributed by atoms with van der Waals surface area (Å²) in [7, 11) is 1.23. The third kappa shape index (κ3) is 2.07. The maximum Gasteiger partial charge on any atom is 0.330 e. The van der Waals surface area contributed by atoms with Crippen molar-refractivity contribution in [3.63, 3.8) is 0 Å². The number of ketones is 1. The number of rotatable bonds is 4. The van der Waals surface area contributed by atoms with Crippen LogP contribution < -0.4 is 4.74 Å². The van der Waals surface area contributed by atoms with E-state index in [1.165, 1.54) is 7.11 Å². The number of hydrogen-bond donors (Lipinski definition) is 0. The maximum absolute atomic E-state index is 13.6. The molecule has 0 radical (unpaired) electrons. The van der Waals surface area contributed by atoms with Gasteiger partial charge in [0.1, 0.15) is 5.75 Å². The number of Topliss-reactive ketones (excluding diaryl/α,β-unsaturated/α-hetero) is 1.